The van der Waals surface area contributed by atoms with Crippen LogP contribution in [0.25, 0.3) is 0 Å². The Bertz CT molecular complexity index is 482. The molecule has 1 aromatic rings. The van der Waals surface area contributed by atoms with Gasteiger partial charge in [0.2, 0.25) is 0 Å². The van der Waals surface area contributed by atoms with Gasteiger partial charge in [-0.2, -0.15) is 5.10 Å². The van der Waals surface area contributed by atoms with Gasteiger partial charge < -0.3 is 15.7 Å². The molecule has 0 saturated carbocycles. The van der Waals surface area contributed by atoms with Crippen molar-refractivity contribution in [2.75, 3.05) is 6.54 Å². The minimum atomic E-state index is -0.931. The Balaban J connectivity index is 2.44. The number of hydrogen-bond donors (Lipinski definition) is 3. The smallest absolute Gasteiger partial charge is 0.315 e. The average Bonchev–Trinajstić information content (AvgIpc) is 2.58. The summed E-state index contributed by atoms with van der Waals surface area (Å²) >= 11 is 0. The van der Waals surface area contributed by atoms with Gasteiger partial charge in [0.25, 0.3) is 0 Å². The molecule has 0 bridgehead atoms. The van der Waals surface area contributed by atoms with Crippen LogP contribution in [0, 0.1) is 19.8 Å². The highest BCUT2D eigenvalue weighted by atomic mass is 16.4. The third-order valence-corrected chi connectivity index (χ3v) is 3.07. The number of carbonyl (C=O) groups is 2. The van der Waals surface area contributed by atoms with Crippen LogP contribution >= 0.6 is 0 Å². The molecule has 106 valence electrons. The van der Waals surface area contributed by atoms with Crippen LogP contribution in [0.2, 0.25) is 0 Å². The molecule has 0 aliphatic rings. The second kappa shape index (κ2) is 6.21. The number of aliphatic carboxylic acids is 1. The Morgan fingerprint density at radius 2 is 2.00 bits per heavy atom. The van der Waals surface area contributed by atoms with Gasteiger partial charge in [-0.15, -0.1) is 0 Å². The van der Waals surface area contributed by atoms with Crippen LogP contribution in [0.4, 0.5) is 4.79 Å². The molecule has 3 N–H and O–H groups in total. The molecule has 0 aliphatic heterocycles. The van der Waals surface area contributed by atoms with Crippen LogP contribution in [-0.4, -0.2) is 33.4 Å². The molecule has 0 radical (unpaired) electrons. The minimum absolute atomic E-state index is 0.103. The molecule has 1 unspecified atom stereocenters. The van der Waals surface area contributed by atoms with Crippen molar-refractivity contribution in [1.29, 1.82) is 0 Å². The lowest BCUT2D eigenvalue weighted by Gasteiger charge is -2.10. The highest BCUT2D eigenvalue weighted by Gasteiger charge is 2.13. The first-order chi connectivity index (χ1) is 8.82. The van der Waals surface area contributed by atoms with Gasteiger partial charge in [0, 0.05) is 31.4 Å². The molecule has 1 aromatic heterocycles. The third-order valence-electron chi connectivity index (χ3n) is 3.07. The first-order valence-electron chi connectivity index (χ1n) is 6.06. The molecule has 1 heterocycles. The second-order valence-electron chi connectivity index (χ2n) is 4.58. The monoisotopic (exact) mass is 268 g/mol. The van der Waals surface area contributed by atoms with Crippen molar-refractivity contribution in [3.8, 4) is 0 Å². The number of urea groups is 1. The Labute approximate surface area is 112 Å². The summed E-state index contributed by atoms with van der Waals surface area (Å²) in [4.78, 5) is 22.1. The predicted molar refractivity (Wildman–Crippen MR) is 69.7 cm³/mol. The van der Waals surface area contributed by atoms with Gasteiger partial charge in [-0.1, -0.05) is 6.92 Å². The van der Waals surface area contributed by atoms with E-state index in [1.807, 2.05) is 20.9 Å². The molecule has 2 amide bonds. The van der Waals surface area contributed by atoms with E-state index in [4.69, 9.17) is 5.11 Å². The van der Waals surface area contributed by atoms with Crippen molar-refractivity contribution in [3.05, 3.63) is 17.0 Å². The number of carboxylic acids is 1. The van der Waals surface area contributed by atoms with E-state index in [0.717, 1.165) is 17.0 Å². The summed E-state index contributed by atoms with van der Waals surface area (Å²) in [6.07, 6.45) is 0. The van der Waals surface area contributed by atoms with Gasteiger partial charge in [-0.05, 0) is 13.8 Å². The van der Waals surface area contributed by atoms with Gasteiger partial charge in [-0.25, -0.2) is 4.79 Å². The lowest BCUT2D eigenvalue weighted by atomic mass is 10.2. The third kappa shape index (κ3) is 3.97. The zero-order valence-electron chi connectivity index (χ0n) is 11.6. The van der Waals surface area contributed by atoms with Gasteiger partial charge in [0.05, 0.1) is 11.6 Å². The van der Waals surface area contributed by atoms with Crippen LogP contribution in [0.15, 0.2) is 0 Å². The summed E-state index contributed by atoms with van der Waals surface area (Å²) in [5.74, 6) is -1.54. The van der Waals surface area contributed by atoms with Crippen molar-refractivity contribution in [2.24, 2.45) is 13.0 Å². The lowest BCUT2D eigenvalue weighted by Crippen LogP contribution is -2.39. The van der Waals surface area contributed by atoms with Crippen LogP contribution in [-0.2, 0) is 18.4 Å². The normalized spacial score (nSPS) is 12.0. The van der Waals surface area contributed by atoms with E-state index in [1.165, 1.54) is 6.92 Å². The van der Waals surface area contributed by atoms with Crippen molar-refractivity contribution in [3.63, 3.8) is 0 Å². The number of amides is 2. The standard InChI is InChI=1S/C12H20N4O3/c1-7(11(17)18)5-13-12(19)14-6-10-8(2)15-16(4)9(10)3/h7H,5-6H2,1-4H3,(H,17,18)(H2,13,14,19). The number of rotatable bonds is 5. The first-order valence-corrected chi connectivity index (χ1v) is 6.06. The quantitative estimate of drug-likeness (QED) is 0.727. The minimum Gasteiger partial charge on any atom is -0.481 e. The summed E-state index contributed by atoms with van der Waals surface area (Å²) in [6, 6.07) is -0.379. The highest BCUT2D eigenvalue weighted by Crippen LogP contribution is 2.10. The largest absolute Gasteiger partial charge is 0.481 e. The zero-order chi connectivity index (χ0) is 14.6. The van der Waals surface area contributed by atoms with Gasteiger partial charge in [-0.3, -0.25) is 9.48 Å². The van der Waals surface area contributed by atoms with Crippen LogP contribution in [0.1, 0.15) is 23.9 Å². The average molecular weight is 268 g/mol. The van der Waals surface area contributed by atoms with E-state index in [0.29, 0.717) is 6.54 Å². The number of nitrogens with one attached hydrogen (secondary N) is 2. The molecular formula is C12H20N4O3. The predicted octanol–water partition coefficient (Wildman–Crippen LogP) is 0.557. The molecule has 0 aliphatic carbocycles. The number of hydrogen-bond acceptors (Lipinski definition) is 3. The number of carbonyl (C=O) groups excluding carboxylic acids is 1. The summed E-state index contributed by atoms with van der Waals surface area (Å²) in [5, 5.41) is 18.2. The molecule has 0 saturated heterocycles. The van der Waals surface area contributed by atoms with Crippen LogP contribution in [0.3, 0.4) is 0 Å². The van der Waals surface area contributed by atoms with Gasteiger partial charge >= 0.3 is 12.0 Å². The molecule has 1 rings (SSSR count). The lowest BCUT2D eigenvalue weighted by molar-refractivity contribution is -0.140. The maximum absolute atomic E-state index is 11.5. The van der Waals surface area contributed by atoms with Crippen molar-refractivity contribution in [1.82, 2.24) is 20.4 Å². The van der Waals surface area contributed by atoms with Crippen LogP contribution in [0.5, 0.6) is 0 Å². The Hall–Kier alpha value is -2.05. The van der Waals surface area contributed by atoms with Crippen molar-refractivity contribution < 1.29 is 14.7 Å². The Kier molecular flexibility index (Phi) is 4.91. The molecule has 7 nitrogen and oxygen atoms in total. The molecule has 1 atom stereocenters. The van der Waals surface area contributed by atoms with E-state index < -0.39 is 11.9 Å². The van der Waals surface area contributed by atoms with Crippen LogP contribution < -0.4 is 10.6 Å². The zero-order valence-corrected chi connectivity index (χ0v) is 11.6. The first kappa shape index (κ1) is 15.0. The molecular weight excluding hydrogens is 248 g/mol. The molecule has 19 heavy (non-hydrogen) atoms. The Morgan fingerprint density at radius 1 is 1.37 bits per heavy atom. The second-order valence-corrected chi connectivity index (χ2v) is 4.58. The maximum atomic E-state index is 11.5. The number of nitrogens with zero attached hydrogens (tertiary/aromatic N) is 2. The summed E-state index contributed by atoms with van der Waals surface area (Å²) in [6.45, 7) is 5.83. The van der Waals surface area contributed by atoms with Crippen molar-refractivity contribution in [2.45, 2.75) is 27.3 Å². The molecule has 0 fully saturated rings. The summed E-state index contributed by atoms with van der Waals surface area (Å²) < 4.78 is 1.76. The summed E-state index contributed by atoms with van der Waals surface area (Å²) in [5.41, 5.74) is 2.85. The van der Waals surface area contributed by atoms with E-state index in [-0.39, 0.29) is 12.6 Å². The maximum Gasteiger partial charge on any atom is 0.315 e. The Morgan fingerprint density at radius 3 is 2.47 bits per heavy atom. The fraction of sp³-hybridized carbons (Fsp3) is 0.583. The van der Waals surface area contributed by atoms with Gasteiger partial charge in [0.1, 0.15) is 0 Å². The van der Waals surface area contributed by atoms with E-state index in [9.17, 15) is 9.59 Å². The number of carboxylic acid groups (broad SMARTS) is 1. The van der Waals surface area contributed by atoms with E-state index >= 15 is 0 Å². The van der Waals surface area contributed by atoms with Crippen molar-refractivity contribution >= 4 is 12.0 Å². The van der Waals surface area contributed by atoms with E-state index in [2.05, 4.69) is 15.7 Å². The molecule has 7 heteroatoms. The molecule has 0 spiro atoms. The fourth-order valence-corrected chi connectivity index (χ4v) is 1.64. The number of aryl methyl sites for hydroxylation is 2. The molecule has 0 aromatic carbocycles. The highest BCUT2D eigenvalue weighted by molar-refractivity contribution is 5.75. The fourth-order valence-electron chi connectivity index (χ4n) is 1.64. The van der Waals surface area contributed by atoms with E-state index in [1.54, 1.807) is 4.68 Å². The summed E-state index contributed by atoms with van der Waals surface area (Å²) in [7, 11) is 1.85. The van der Waals surface area contributed by atoms with Gasteiger partial charge in [0.15, 0.2) is 0 Å². The number of aromatic nitrogens is 2. The SMILES string of the molecule is Cc1nn(C)c(C)c1CNC(=O)NCC(C)C(=O)O. The topological polar surface area (TPSA) is 96.3 Å².